The molecule has 0 saturated carbocycles. The van der Waals surface area contributed by atoms with Crippen LogP contribution in [0.15, 0.2) is 12.1 Å². The van der Waals surface area contributed by atoms with Gasteiger partial charge < -0.3 is 10.0 Å². The molecule has 19 heavy (non-hydrogen) atoms. The van der Waals surface area contributed by atoms with Crippen molar-refractivity contribution < 1.29 is 5.11 Å². The van der Waals surface area contributed by atoms with Gasteiger partial charge in [0.15, 0.2) is 0 Å². The average molecular weight is 280 g/mol. The summed E-state index contributed by atoms with van der Waals surface area (Å²) in [7, 11) is 4.23. The second-order valence-electron chi connectivity index (χ2n) is 4.75. The largest absolute Gasteiger partial charge is 0.384 e. The second kappa shape index (κ2) is 9.11. The van der Waals surface area contributed by atoms with Gasteiger partial charge in [-0.05, 0) is 52.3 Å². The van der Waals surface area contributed by atoms with Crippen LogP contribution in [0.3, 0.4) is 0 Å². The van der Waals surface area contributed by atoms with Crippen molar-refractivity contribution in [2.24, 2.45) is 0 Å². The standard InChI is InChI=1S/C15H24N2OS/c1-4-17(11-6-10-16(2)3)13-15-9-8-14(19-15)7-5-12-18/h8-9,18H,4,6,10-13H2,1-3H3. The van der Waals surface area contributed by atoms with Crippen molar-refractivity contribution in [2.75, 3.05) is 40.3 Å². The third kappa shape index (κ3) is 6.74. The molecule has 0 aliphatic carbocycles. The summed E-state index contributed by atoms with van der Waals surface area (Å²) in [5.41, 5.74) is 0. The summed E-state index contributed by atoms with van der Waals surface area (Å²) in [4.78, 5) is 7.06. The molecule has 0 bridgehead atoms. The first kappa shape index (κ1) is 16.2. The Labute approximate surface area is 120 Å². The highest BCUT2D eigenvalue weighted by Gasteiger charge is 2.06. The molecule has 0 aliphatic heterocycles. The molecule has 0 spiro atoms. The molecule has 106 valence electrons. The maximum absolute atomic E-state index is 8.68. The summed E-state index contributed by atoms with van der Waals surface area (Å²) in [6.45, 7) is 6.46. The van der Waals surface area contributed by atoms with Crippen molar-refractivity contribution >= 4 is 11.3 Å². The van der Waals surface area contributed by atoms with E-state index in [0.717, 1.165) is 31.1 Å². The third-order valence-electron chi connectivity index (χ3n) is 2.86. The fourth-order valence-corrected chi connectivity index (χ4v) is 2.76. The number of rotatable bonds is 7. The lowest BCUT2D eigenvalue weighted by Crippen LogP contribution is -2.26. The summed E-state index contributed by atoms with van der Waals surface area (Å²) in [5.74, 6) is 5.65. The number of hydrogen-bond donors (Lipinski definition) is 1. The van der Waals surface area contributed by atoms with Gasteiger partial charge in [-0.25, -0.2) is 0 Å². The fourth-order valence-electron chi connectivity index (χ4n) is 1.84. The molecule has 0 amide bonds. The van der Waals surface area contributed by atoms with Gasteiger partial charge in [0, 0.05) is 11.4 Å². The number of aliphatic hydroxyl groups excluding tert-OH is 1. The highest BCUT2D eigenvalue weighted by Crippen LogP contribution is 2.17. The molecule has 0 fully saturated rings. The Hall–Kier alpha value is -0.860. The zero-order valence-electron chi connectivity index (χ0n) is 12.1. The van der Waals surface area contributed by atoms with Gasteiger partial charge in [0.05, 0.1) is 4.88 Å². The van der Waals surface area contributed by atoms with Crippen LogP contribution in [0.2, 0.25) is 0 Å². The second-order valence-corrected chi connectivity index (χ2v) is 5.92. The van der Waals surface area contributed by atoms with Gasteiger partial charge in [-0.1, -0.05) is 18.8 Å². The maximum atomic E-state index is 8.68. The van der Waals surface area contributed by atoms with Crippen molar-refractivity contribution in [3.05, 3.63) is 21.9 Å². The normalized spacial score (nSPS) is 10.8. The minimum atomic E-state index is -0.0706. The lowest BCUT2D eigenvalue weighted by molar-refractivity contribution is 0.261. The number of thiophene rings is 1. The first-order valence-corrected chi connectivity index (χ1v) is 7.53. The van der Waals surface area contributed by atoms with E-state index in [1.54, 1.807) is 11.3 Å². The van der Waals surface area contributed by atoms with E-state index in [1.807, 2.05) is 6.07 Å². The van der Waals surface area contributed by atoms with Gasteiger partial charge in [0.25, 0.3) is 0 Å². The predicted molar refractivity (Wildman–Crippen MR) is 82.4 cm³/mol. The van der Waals surface area contributed by atoms with Crippen molar-refractivity contribution in [2.45, 2.75) is 19.9 Å². The summed E-state index contributed by atoms with van der Waals surface area (Å²) in [5, 5.41) is 8.68. The number of aliphatic hydroxyl groups is 1. The SMILES string of the molecule is CCN(CCCN(C)C)Cc1ccc(C#CCO)s1. The topological polar surface area (TPSA) is 26.7 Å². The lowest BCUT2D eigenvalue weighted by Gasteiger charge is -2.20. The van der Waals surface area contributed by atoms with E-state index in [4.69, 9.17) is 5.11 Å². The molecule has 0 atom stereocenters. The third-order valence-corrected chi connectivity index (χ3v) is 3.84. The van der Waals surface area contributed by atoms with Gasteiger partial charge in [0.2, 0.25) is 0 Å². The van der Waals surface area contributed by atoms with Crippen LogP contribution in [-0.2, 0) is 6.54 Å². The quantitative estimate of drug-likeness (QED) is 0.772. The molecule has 0 unspecified atom stereocenters. The molecule has 1 aromatic heterocycles. The summed E-state index contributed by atoms with van der Waals surface area (Å²) in [6, 6.07) is 4.18. The number of nitrogens with zero attached hydrogens (tertiary/aromatic N) is 2. The Morgan fingerprint density at radius 3 is 2.68 bits per heavy atom. The highest BCUT2D eigenvalue weighted by molar-refractivity contribution is 7.12. The Balaban J connectivity index is 2.44. The van der Waals surface area contributed by atoms with Crippen LogP contribution in [0.4, 0.5) is 0 Å². The van der Waals surface area contributed by atoms with E-state index in [-0.39, 0.29) is 6.61 Å². The Morgan fingerprint density at radius 1 is 1.26 bits per heavy atom. The van der Waals surface area contributed by atoms with Crippen LogP contribution in [0, 0.1) is 11.8 Å². The number of hydrogen-bond acceptors (Lipinski definition) is 4. The molecule has 0 radical (unpaired) electrons. The summed E-state index contributed by atoms with van der Waals surface area (Å²) in [6.07, 6.45) is 1.20. The van der Waals surface area contributed by atoms with Crippen molar-refractivity contribution in [3.63, 3.8) is 0 Å². The molecular formula is C15H24N2OS. The van der Waals surface area contributed by atoms with Crippen LogP contribution in [0.5, 0.6) is 0 Å². The minimum absolute atomic E-state index is 0.0706. The molecule has 1 aromatic rings. The first-order valence-electron chi connectivity index (χ1n) is 6.71. The smallest absolute Gasteiger partial charge is 0.104 e. The van der Waals surface area contributed by atoms with E-state index < -0.39 is 0 Å². The molecule has 1 heterocycles. The lowest BCUT2D eigenvalue weighted by atomic mass is 10.3. The van der Waals surface area contributed by atoms with E-state index in [1.165, 1.54) is 11.3 Å². The van der Waals surface area contributed by atoms with Crippen molar-refractivity contribution in [1.29, 1.82) is 0 Å². The molecule has 4 heteroatoms. The Bertz CT molecular complexity index is 417. The summed E-state index contributed by atoms with van der Waals surface area (Å²) >= 11 is 1.72. The maximum Gasteiger partial charge on any atom is 0.104 e. The Kier molecular flexibility index (Phi) is 7.76. The molecule has 0 aliphatic rings. The van der Waals surface area contributed by atoms with Crippen LogP contribution in [-0.4, -0.2) is 55.2 Å². The van der Waals surface area contributed by atoms with Crippen molar-refractivity contribution in [1.82, 2.24) is 9.80 Å². The summed E-state index contributed by atoms with van der Waals surface area (Å²) < 4.78 is 0. The van der Waals surface area contributed by atoms with Gasteiger partial charge in [-0.3, -0.25) is 4.90 Å². The van der Waals surface area contributed by atoms with E-state index in [9.17, 15) is 0 Å². The highest BCUT2D eigenvalue weighted by atomic mass is 32.1. The van der Waals surface area contributed by atoms with E-state index >= 15 is 0 Å². The van der Waals surface area contributed by atoms with Gasteiger partial charge in [0.1, 0.15) is 6.61 Å². The van der Waals surface area contributed by atoms with E-state index in [2.05, 4.69) is 48.7 Å². The zero-order valence-corrected chi connectivity index (χ0v) is 13.0. The van der Waals surface area contributed by atoms with Crippen molar-refractivity contribution in [3.8, 4) is 11.8 Å². The van der Waals surface area contributed by atoms with Gasteiger partial charge >= 0.3 is 0 Å². The minimum Gasteiger partial charge on any atom is -0.384 e. The first-order chi connectivity index (χ1) is 9.15. The van der Waals surface area contributed by atoms with Crippen LogP contribution in [0.1, 0.15) is 23.1 Å². The molecule has 1 rings (SSSR count). The molecular weight excluding hydrogens is 256 g/mol. The Morgan fingerprint density at radius 2 is 2.05 bits per heavy atom. The van der Waals surface area contributed by atoms with Gasteiger partial charge in [-0.15, -0.1) is 11.3 Å². The fraction of sp³-hybridized carbons (Fsp3) is 0.600. The molecule has 0 aromatic carbocycles. The van der Waals surface area contributed by atoms with E-state index in [0.29, 0.717) is 0 Å². The monoisotopic (exact) mass is 280 g/mol. The average Bonchev–Trinajstić information content (AvgIpc) is 2.82. The van der Waals surface area contributed by atoms with Crippen LogP contribution < -0.4 is 0 Å². The van der Waals surface area contributed by atoms with Crippen LogP contribution in [0.25, 0.3) is 0 Å². The molecule has 3 nitrogen and oxygen atoms in total. The predicted octanol–water partition coefficient (Wildman–Crippen LogP) is 1.87. The zero-order chi connectivity index (χ0) is 14.1. The van der Waals surface area contributed by atoms with Crippen LogP contribution >= 0.6 is 11.3 Å². The van der Waals surface area contributed by atoms with Gasteiger partial charge in [-0.2, -0.15) is 0 Å². The molecule has 0 saturated heterocycles. The molecule has 1 N–H and O–H groups in total.